The van der Waals surface area contributed by atoms with Crippen molar-refractivity contribution in [3.05, 3.63) is 35.9 Å². The highest BCUT2D eigenvalue weighted by molar-refractivity contribution is 5.66. The van der Waals surface area contributed by atoms with Crippen LogP contribution >= 0.6 is 0 Å². The van der Waals surface area contributed by atoms with Gasteiger partial charge < -0.3 is 10.8 Å². The number of rotatable bonds is 5. The molecule has 3 N–H and O–H groups in total. The van der Waals surface area contributed by atoms with Gasteiger partial charge in [0.25, 0.3) is 0 Å². The fraction of sp³-hybridized carbons (Fsp3) is 0.417. The van der Waals surface area contributed by atoms with E-state index in [-0.39, 0.29) is 6.42 Å². The van der Waals surface area contributed by atoms with Gasteiger partial charge in [0, 0.05) is 12.0 Å². The first-order valence-electron chi connectivity index (χ1n) is 5.08. The number of hydrogen-bond acceptors (Lipinski definition) is 2. The van der Waals surface area contributed by atoms with Gasteiger partial charge >= 0.3 is 5.97 Å². The van der Waals surface area contributed by atoms with Gasteiger partial charge in [-0.1, -0.05) is 30.3 Å². The van der Waals surface area contributed by atoms with E-state index >= 15 is 0 Å². The molecule has 0 spiro atoms. The molecule has 0 saturated heterocycles. The molecule has 0 aromatic heterocycles. The Balaban J connectivity index is 2.56. The van der Waals surface area contributed by atoms with Crippen LogP contribution in [0.15, 0.2) is 30.3 Å². The quantitative estimate of drug-likeness (QED) is 0.777. The van der Waals surface area contributed by atoms with Crippen molar-refractivity contribution in [1.29, 1.82) is 0 Å². The van der Waals surface area contributed by atoms with Crippen LogP contribution in [0.5, 0.6) is 0 Å². The summed E-state index contributed by atoms with van der Waals surface area (Å²) in [5.74, 6) is -0.765. The fourth-order valence-corrected chi connectivity index (χ4v) is 1.57. The summed E-state index contributed by atoms with van der Waals surface area (Å²) in [4.78, 5) is 10.4. The Morgan fingerprint density at radius 3 is 2.53 bits per heavy atom. The lowest BCUT2D eigenvalue weighted by molar-refractivity contribution is -0.137. The van der Waals surface area contributed by atoms with Gasteiger partial charge in [0.1, 0.15) is 0 Å². The summed E-state index contributed by atoms with van der Waals surface area (Å²) in [7, 11) is 0. The minimum atomic E-state index is -0.765. The molecule has 3 heteroatoms. The first-order valence-corrected chi connectivity index (χ1v) is 5.08. The molecule has 0 amide bonds. The monoisotopic (exact) mass is 207 g/mol. The van der Waals surface area contributed by atoms with E-state index in [1.54, 1.807) is 0 Å². The third-order valence-corrected chi connectivity index (χ3v) is 2.52. The number of carboxylic acids is 1. The predicted molar refractivity (Wildman–Crippen MR) is 59.5 cm³/mol. The van der Waals surface area contributed by atoms with Crippen molar-refractivity contribution in [2.45, 2.75) is 31.7 Å². The topological polar surface area (TPSA) is 63.3 Å². The molecule has 1 aromatic carbocycles. The van der Waals surface area contributed by atoms with Crippen molar-refractivity contribution in [2.24, 2.45) is 5.73 Å². The van der Waals surface area contributed by atoms with E-state index in [1.807, 2.05) is 37.3 Å². The standard InChI is InChI=1S/C12H17NO2/c1-12(13,9-5-8-11(14)15)10-6-3-2-4-7-10/h2-4,6-7H,5,8-9,13H2,1H3,(H,14,15). The second kappa shape index (κ2) is 4.94. The molecule has 0 radical (unpaired) electrons. The van der Waals surface area contributed by atoms with Crippen LogP contribution in [-0.2, 0) is 10.3 Å². The zero-order chi connectivity index (χ0) is 11.3. The van der Waals surface area contributed by atoms with Crippen LogP contribution in [0.1, 0.15) is 31.7 Å². The van der Waals surface area contributed by atoms with E-state index in [4.69, 9.17) is 10.8 Å². The average molecular weight is 207 g/mol. The zero-order valence-corrected chi connectivity index (χ0v) is 8.94. The lowest BCUT2D eigenvalue weighted by atomic mass is 9.88. The highest BCUT2D eigenvalue weighted by atomic mass is 16.4. The molecule has 0 heterocycles. The Morgan fingerprint density at radius 1 is 1.40 bits per heavy atom. The molecule has 1 rings (SSSR count). The summed E-state index contributed by atoms with van der Waals surface area (Å²) in [6, 6.07) is 9.77. The van der Waals surface area contributed by atoms with E-state index in [1.165, 1.54) is 0 Å². The average Bonchev–Trinajstić information content (AvgIpc) is 2.18. The molecular weight excluding hydrogens is 190 g/mol. The first-order chi connectivity index (χ1) is 7.02. The van der Waals surface area contributed by atoms with E-state index in [9.17, 15) is 4.79 Å². The first kappa shape index (κ1) is 11.7. The van der Waals surface area contributed by atoms with E-state index in [0.717, 1.165) is 5.56 Å². The lowest BCUT2D eigenvalue weighted by Crippen LogP contribution is -2.32. The highest BCUT2D eigenvalue weighted by Crippen LogP contribution is 2.23. The number of aliphatic carboxylic acids is 1. The van der Waals surface area contributed by atoms with Crippen LogP contribution in [0.2, 0.25) is 0 Å². The lowest BCUT2D eigenvalue weighted by Gasteiger charge is -2.24. The minimum absolute atomic E-state index is 0.180. The number of benzene rings is 1. The second-order valence-electron chi connectivity index (χ2n) is 4.03. The molecule has 0 saturated carbocycles. The van der Waals surface area contributed by atoms with E-state index < -0.39 is 11.5 Å². The van der Waals surface area contributed by atoms with Crippen molar-refractivity contribution in [2.75, 3.05) is 0 Å². The van der Waals surface area contributed by atoms with E-state index in [2.05, 4.69) is 0 Å². The third kappa shape index (κ3) is 3.72. The normalized spacial score (nSPS) is 14.5. The van der Waals surface area contributed by atoms with Crippen LogP contribution < -0.4 is 5.73 Å². The summed E-state index contributed by atoms with van der Waals surface area (Å²) in [5.41, 5.74) is 6.75. The maximum absolute atomic E-state index is 10.4. The summed E-state index contributed by atoms with van der Waals surface area (Å²) < 4.78 is 0. The van der Waals surface area contributed by atoms with Gasteiger partial charge in [-0.15, -0.1) is 0 Å². The molecule has 82 valence electrons. The van der Waals surface area contributed by atoms with Crippen molar-refractivity contribution in [3.8, 4) is 0 Å². The van der Waals surface area contributed by atoms with Gasteiger partial charge in [0.2, 0.25) is 0 Å². The molecule has 0 fully saturated rings. The summed E-state index contributed by atoms with van der Waals surface area (Å²) in [6.45, 7) is 1.93. The molecule has 15 heavy (non-hydrogen) atoms. The fourth-order valence-electron chi connectivity index (χ4n) is 1.57. The summed E-state index contributed by atoms with van der Waals surface area (Å²) in [5, 5.41) is 8.54. The number of hydrogen-bond donors (Lipinski definition) is 2. The van der Waals surface area contributed by atoms with Gasteiger partial charge in [-0.05, 0) is 25.3 Å². The maximum atomic E-state index is 10.4. The third-order valence-electron chi connectivity index (χ3n) is 2.52. The zero-order valence-electron chi connectivity index (χ0n) is 8.94. The number of nitrogens with two attached hydrogens (primary N) is 1. The van der Waals surface area contributed by atoms with Gasteiger partial charge in [0.05, 0.1) is 0 Å². The summed E-state index contributed by atoms with van der Waals surface area (Å²) in [6.07, 6.45) is 1.47. The van der Waals surface area contributed by atoms with E-state index in [0.29, 0.717) is 12.8 Å². The highest BCUT2D eigenvalue weighted by Gasteiger charge is 2.20. The Kier molecular flexibility index (Phi) is 3.86. The minimum Gasteiger partial charge on any atom is -0.481 e. The Morgan fingerprint density at radius 2 is 2.00 bits per heavy atom. The van der Waals surface area contributed by atoms with Crippen LogP contribution in [0.25, 0.3) is 0 Å². The molecule has 3 nitrogen and oxygen atoms in total. The Labute approximate surface area is 89.9 Å². The molecular formula is C12H17NO2. The van der Waals surface area contributed by atoms with Crippen molar-refractivity contribution in [3.63, 3.8) is 0 Å². The molecule has 1 atom stereocenters. The van der Waals surface area contributed by atoms with Gasteiger partial charge in [0.15, 0.2) is 0 Å². The van der Waals surface area contributed by atoms with Crippen molar-refractivity contribution in [1.82, 2.24) is 0 Å². The molecule has 1 aromatic rings. The van der Waals surface area contributed by atoms with Crippen molar-refractivity contribution >= 4 is 5.97 Å². The maximum Gasteiger partial charge on any atom is 0.303 e. The predicted octanol–water partition coefficient (Wildman–Crippen LogP) is 2.12. The largest absolute Gasteiger partial charge is 0.481 e. The Hall–Kier alpha value is -1.35. The van der Waals surface area contributed by atoms with Gasteiger partial charge in [-0.2, -0.15) is 0 Å². The smallest absolute Gasteiger partial charge is 0.303 e. The summed E-state index contributed by atoms with van der Waals surface area (Å²) >= 11 is 0. The number of carbonyl (C=O) groups is 1. The second-order valence-corrected chi connectivity index (χ2v) is 4.03. The van der Waals surface area contributed by atoms with Crippen LogP contribution in [-0.4, -0.2) is 11.1 Å². The molecule has 1 unspecified atom stereocenters. The molecule has 0 aliphatic carbocycles. The van der Waals surface area contributed by atoms with Gasteiger partial charge in [-0.25, -0.2) is 0 Å². The van der Waals surface area contributed by atoms with Crippen LogP contribution in [0, 0.1) is 0 Å². The SMILES string of the molecule is CC(N)(CCCC(=O)O)c1ccccc1. The van der Waals surface area contributed by atoms with Crippen molar-refractivity contribution < 1.29 is 9.90 Å². The molecule has 0 aliphatic heterocycles. The van der Waals surface area contributed by atoms with Gasteiger partial charge in [-0.3, -0.25) is 4.79 Å². The molecule has 0 aliphatic rings. The van der Waals surface area contributed by atoms with Crippen LogP contribution in [0.4, 0.5) is 0 Å². The number of carboxylic acid groups (broad SMARTS) is 1. The molecule has 0 bridgehead atoms. The Bertz CT molecular complexity index is 320. The van der Waals surface area contributed by atoms with Crippen LogP contribution in [0.3, 0.4) is 0 Å².